The number of hydrogen-bond donors (Lipinski definition) is 2. The van der Waals surface area contributed by atoms with Gasteiger partial charge in [-0.3, -0.25) is 0 Å². The molecule has 224 valence electrons. The molecular formula is C34H40N4O4Si. The van der Waals surface area contributed by atoms with Gasteiger partial charge in [-0.2, -0.15) is 0 Å². The van der Waals surface area contributed by atoms with Crippen molar-refractivity contribution in [2.24, 2.45) is 5.92 Å². The van der Waals surface area contributed by atoms with Crippen LogP contribution in [-0.2, 0) is 9.47 Å². The lowest BCUT2D eigenvalue weighted by Gasteiger charge is -2.43. The van der Waals surface area contributed by atoms with E-state index in [-0.39, 0.29) is 16.4 Å². The van der Waals surface area contributed by atoms with Crippen LogP contribution in [0.4, 0.5) is 11.5 Å². The molecule has 4 aromatic rings. The summed E-state index contributed by atoms with van der Waals surface area (Å²) in [6, 6.07) is 28.7. The lowest BCUT2D eigenvalue weighted by atomic mass is 10.0. The molecule has 1 fully saturated rings. The number of methoxy groups -OCH3 is 1. The fourth-order valence-corrected chi connectivity index (χ4v) is 10.1. The normalized spacial score (nSPS) is 14.2. The van der Waals surface area contributed by atoms with E-state index in [9.17, 15) is 4.79 Å². The molecule has 3 N–H and O–H groups in total. The highest BCUT2D eigenvalue weighted by molar-refractivity contribution is 7.00. The summed E-state index contributed by atoms with van der Waals surface area (Å²) in [6.07, 6.45) is 1.91. The number of carbonyl (C=O) groups is 1. The van der Waals surface area contributed by atoms with Gasteiger partial charge in [0.05, 0.1) is 7.11 Å². The van der Waals surface area contributed by atoms with Crippen molar-refractivity contribution < 1.29 is 18.7 Å². The average molecular weight is 597 g/mol. The SMILES string of the molecule is COC(=O)c1nc(-c2cccc(O[Si](c3ccccc3)(c3ccccc3)C(C)(C)C)c2)nc(NCC2CCOCC2)c1N. The van der Waals surface area contributed by atoms with E-state index in [0.717, 1.165) is 26.1 Å². The second kappa shape index (κ2) is 13.0. The van der Waals surface area contributed by atoms with Crippen LogP contribution in [0, 0.1) is 5.92 Å². The summed E-state index contributed by atoms with van der Waals surface area (Å²) in [4.78, 5) is 22.0. The van der Waals surface area contributed by atoms with Crippen molar-refractivity contribution in [3.63, 3.8) is 0 Å². The molecule has 1 aliphatic rings. The van der Waals surface area contributed by atoms with E-state index in [1.54, 1.807) is 0 Å². The fraction of sp³-hybridized carbons (Fsp3) is 0.324. The molecule has 5 rings (SSSR count). The quantitative estimate of drug-likeness (QED) is 0.198. The molecule has 0 bridgehead atoms. The Morgan fingerprint density at radius 1 is 0.953 bits per heavy atom. The van der Waals surface area contributed by atoms with Crippen molar-refractivity contribution in [2.75, 3.05) is 37.9 Å². The van der Waals surface area contributed by atoms with Crippen LogP contribution in [0.3, 0.4) is 0 Å². The van der Waals surface area contributed by atoms with E-state index in [1.807, 2.05) is 36.4 Å². The van der Waals surface area contributed by atoms with Crippen LogP contribution in [0.25, 0.3) is 11.4 Å². The zero-order valence-electron chi connectivity index (χ0n) is 25.3. The predicted molar refractivity (Wildman–Crippen MR) is 174 cm³/mol. The third-order valence-corrected chi connectivity index (χ3v) is 13.0. The lowest BCUT2D eigenvalue weighted by molar-refractivity contribution is 0.0595. The van der Waals surface area contributed by atoms with Crippen LogP contribution in [0.5, 0.6) is 5.75 Å². The first-order valence-electron chi connectivity index (χ1n) is 14.7. The Labute approximate surface area is 254 Å². The van der Waals surface area contributed by atoms with E-state index >= 15 is 0 Å². The molecule has 0 spiro atoms. The predicted octanol–water partition coefficient (Wildman–Crippen LogP) is 5.29. The van der Waals surface area contributed by atoms with Crippen molar-refractivity contribution in [1.29, 1.82) is 0 Å². The maximum Gasteiger partial charge on any atom is 0.359 e. The number of anilines is 2. The molecule has 0 amide bonds. The maximum absolute atomic E-state index is 12.7. The highest BCUT2D eigenvalue weighted by atomic mass is 28.4. The number of nitrogens with two attached hydrogens (primary N) is 1. The number of rotatable bonds is 9. The molecule has 0 saturated carbocycles. The highest BCUT2D eigenvalue weighted by Gasteiger charge is 2.52. The van der Waals surface area contributed by atoms with Crippen molar-refractivity contribution >= 4 is 36.2 Å². The maximum atomic E-state index is 12.7. The van der Waals surface area contributed by atoms with Crippen molar-refractivity contribution in [3.8, 4) is 17.1 Å². The number of nitrogens with one attached hydrogen (secondary N) is 1. The Hall–Kier alpha value is -4.21. The van der Waals surface area contributed by atoms with Crippen LogP contribution < -0.4 is 25.8 Å². The van der Waals surface area contributed by atoms with Gasteiger partial charge in [0.15, 0.2) is 17.3 Å². The number of aromatic nitrogens is 2. The second-order valence-electron chi connectivity index (χ2n) is 11.9. The van der Waals surface area contributed by atoms with Gasteiger partial charge in [0.1, 0.15) is 11.4 Å². The molecule has 2 heterocycles. The summed E-state index contributed by atoms with van der Waals surface area (Å²) in [5.41, 5.74) is 7.28. The molecule has 9 heteroatoms. The minimum atomic E-state index is -2.86. The van der Waals surface area contributed by atoms with Crippen LogP contribution in [0.2, 0.25) is 5.04 Å². The summed E-state index contributed by atoms with van der Waals surface area (Å²) in [6.45, 7) is 8.87. The highest BCUT2D eigenvalue weighted by Crippen LogP contribution is 2.38. The number of benzene rings is 3. The van der Waals surface area contributed by atoms with Gasteiger partial charge in [0, 0.05) is 25.3 Å². The van der Waals surface area contributed by atoms with Crippen molar-refractivity contribution in [1.82, 2.24) is 9.97 Å². The molecule has 43 heavy (non-hydrogen) atoms. The van der Waals surface area contributed by atoms with E-state index in [0.29, 0.717) is 35.4 Å². The molecule has 0 atom stereocenters. The Kier molecular flexibility index (Phi) is 9.13. The summed E-state index contributed by atoms with van der Waals surface area (Å²) >= 11 is 0. The molecule has 1 saturated heterocycles. The third-order valence-electron chi connectivity index (χ3n) is 8.00. The van der Waals surface area contributed by atoms with E-state index in [2.05, 4.69) is 79.6 Å². The number of nitrogens with zero attached hydrogens (tertiary/aromatic N) is 2. The zero-order valence-corrected chi connectivity index (χ0v) is 26.3. The van der Waals surface area contributed by atoms with E-state index in [1.165, 1.54) is 17.5 Å². The zero-order chi connectivity index (χ0) is 30.5. The summed E-state index contributed by atoms with van der Waals surface area (Å²) in [5, 5.41) is 5.51. The Morgan fingerprint density at radius 3 is 2.16 bits per heavy atom. The minimum Gasteiger partial charge on any atom is -0.534 e. The molecule has 1 aliphatic heterocycles. The van der Waals surface area contributed by atoms with Crippen molar-refractivity contribution in [3.05, 3.63) is 90.6 Å². The smallest absolute Gasteiger partial charge is 0.359 e. The number of ether oxygens (including phenoxy) is 2. The molecule has 1 aromatic heterocycles. The van der Waals surface area contributed by atoms with Gasteiger partial charge in [0.2, 0.25) is 0 Å². The molecule has 8 nitrogen and oxygen atoms in total. The third kappa shape index (κ3) is 6.43. The largest absolute Gasteiger partial charge is 0.534 e. The Balaban J connectivity index is 1.56. The second-order valence-corrected chi connectivity index (χ2v) is 16.1. The topological polar surface area (TPSA) is 109 Å². The van der Waals surface area contributed by atoms with Gasteiger partial charge in [0.25, 0.3) is 0 Å². The first-order valence-corrected chi connectivity index (χ1v) is 16.6. The van der Waals surface area contributed by atoms with E-state index in [4.69, 9.17) is 24.6 Å². The molecule has 0 unspecified atom stereocenters. The first kappa shape index (κ1) is 30.3. The lowest BCUT2D eigenvalue weighted by Crippen LogP contribution is -2.68. The number of nitrogen functional groups attached to an aromatic ring is 1. The average Bonchev–Trinajstić information content (AvgIpc) is 3.03. The van der Waals surface area contributed by atoms with Crippen LogP contribution in [0.1, 0.15) is 44.1 Å². The van der Waals surface area contributed by atoms with Crippen LogP contribution >= 0.6 is 0 Å². The number of esters is 1. The molecule has 3 aromatic carbocycles. The number of carbonyl (C=O) groups excluding carboxylic acids is 1. The Bertz CT molecular complexity index is 1500. The minimum absolute atomic E-state index is 0.0280. The van der Waals surface area contributed by atoms with Gasteiger partial charge in [-0.25, -0.2) is 14.8 Å². The monoisotopic (exact) mass is 596 g/mol. The van der Waals surface area contributed by atoms with Crippen molar-refractivity contribution in [2.45, 2.75) is 38.7 Å². The summed E-state index contributed by atoms with van der Waals surface area (Å²) in [7, 11) is -1.54. The van der Waals surface area contributed by atoms with Gasteiger partial charge >= 0.3 is 14.3 Å². The summed E-state index contributed by atoms with van der Waals surface area (Å²) in [5.74, 6) is 1.28. The van der Waals surface area contributed by atoms with Gasteiger partial charge < -0.3 is 25.0 Å². The molecule has 0 radical (unpaired) electrons. The van der Waals surface area contributed by atoms with Crippen LogP contribution in [0.15, 0.2) is 84.9 Å². The first-order chi connectivity index (χ1) is 20.7. The van der Waals surface area contributed by atoms with Gasteiger partial charge in [-0.1, -0.05) is 93.6 Å². The van der Waals surface area contributed by atoms with Gasteiger partial charge in [-0.15, -0.1) is 0 Å². The molecule has 0 aliphatic carbocycles. The number of hydrogen-bond acceptors (Lipinski definition) is 8. The van der Waals surface area contributed by atoms with E-state index < -0.39 is 14.3 Å². The van der Waals surface area contributed by atoms with Crippen LogP contribution in [-0.4, -0.2) is 51.1 Å². The summed E-state index contributed by atoms with van der Waals surface area (Å²) < 4.78 is 17.7. The fourth-order valence-electron chi connectivity index (χ4n) is 5.70. The standard InChI is InChI=1S/C34H40N4O4Si/c1-34(2,3)43(27-14-7-5-8-15-27,28-16-9-6-10-17-28)42-26-13-11-12-25(22-26)31-37-30(33(39)40-4)29(35)32(38-31)36-23-24-18-20-41-21-19-24/h5-17,22,24H,18-21,23,35H2,1-4H3,(H,36,37,38). The van der Waals surface area contributed by atoms with Gasteiger partial charge in [-0.05, 0) is 46.3 Å². The molecular weight excluding hydrogens is 556 g/mol. The Morgan fingerprint density at radius 2 is 1.58 bits per heavy atom.